The molecule has 1 aliphatic carbocycles. The molecule has 1 saturated heterocycles. The molecule has 0 N–H and O–H groups in total. The number of amides is 2. The van der Waals surface area contributed by atoms with Crippen LogP contribution in [0.3, 0.4) is 0 Å². The van der Waals surface area contributed by atoms with Crippen molar-refractivity contribution < 1.29 is 14.1 Å². The Labute approximate surface area is 156 Å². The molecule has 0 saturated carbocycles. The molecule has 3 heterocycles. The van der Waals surface area contributed by atoms with Crippen LogP contribution in [0.5, 0.6) is 0 Å². The van der Waals surface area contributed by atoms with Crippen molar-refractivity contribution in [1.29, 1.82) is 0 Å². The molecule has 1 aliphatic heterocycles. The van der Waals surface area contributed by atoms with E-state index >= 15 is 0 Å². The van der Waals surface area contributed by atoms with Crippen molar-refractivity contribution in [2.75, 3.05) is 20.6 Å². The normalized spacial score (nSPS) is 19.5. The number of aryl methyl sites for hydroxylation is 1. The zero-order chi connectivity index (χ0) is 18.3. The number of nitrogens with zero attached hydrogens (tertiary/aromatic N) is 3. The van der Waals surface area contributed by atoms with Crippen molar-refractivity contribution >= 4 is 23.2 Å². The second-order valence-electron chi connectivity index (χ2n) is 7.20. The lowest BCUT2D eigenvalue weighted by molar-refractivity contribution is 0.0726. The lowest BCUT2D eigenvalue weighted by Gasteiger charge is -2.23. The summed E-state index contributed by atoms with van der Waals surface area (Å²) in [4.78, 5) is 30.6. The van der Waals surface area contributed by atoms with Crippen molar-refractivity contribution in [3.8, 4) is 0 Å². The van der Waals surface area contributed by atoms with Crippen molar-refractivity contribution in [2.45, 2.75) is 44.6 Å². The van der Waals surface area contributed by atoms with Gasteiger partial charge < -0.3 is 14.3 Å². The Morgan fingerprint density at radius 3 is 2.85 bits per heavy atom. The van der Waals surface area contributed by atoms with Crippen LogP contribution in [0.15, 0.2) is 16.7 Å². The first-order valence-corrected chi connectivity index (χ1v) is 9.97. The fourth-order valence-electron chi connectivity index (χ4n) is 3.86. The number of hydrogen-bond acceptors (Lipinski definition) is 5. The molecule has 0 aromatic carbocycles. The molecule has 0 radical (unpaired) electrons. The molecule has 2 aromatic heterocycles. The van der Waals surface area contributed by atoms with Gasteiger partial charge in [0.1, 0.15) is 5.76 Å². The summed E-state index contributed by atoms with van der Waals surface area (Å²) in [7, 11) is 3.50. The summed E-state index contributed by atoms with van der Waals surface area (Å²) in [5.74, 6) is 0.848. The topological polar surface area (TPSA) is 66.7 Å². The third kappa shape index (κ3) is 2.94. The highest BCUT2D eigenvalue weighted by Crippen LogP contribution is 2.38. The predicted octanol–water partition coefficient (Wildman–Crippen LogP) is 3.29. The van der Waals surface area contributed by atoms with E-state index in [0.717, 1.165) is 61.3 Å². The van der Waals surface area contributed by atoms with Gasteiger partial charge in [0, 0.05) is 37.5 Å². The minimum atomic E-state index is -0.0340. The molecule has 2 amide bonds. The van der Waals surface area contributed by atoms with E-state index in [1.54, 1.807) is 19.0 Å². The van der Waals surface area contributed by atoms with Gasteiger partial charge >= 0.3 is 0 Å². The Morgan fingerprint density at radius 2 is 2.04 bits per heavy atom. The van der Waals surface area contributed by atoms with E-state index in [1.807, 2.05) is 17.0 Å². The SMILES string of the molecule is CN(C)C(=O)c1ccc([C@H]2CCCN2C(=O)c2noc3c2CCCC3)s1. The van der Waals surface area contributed by atoms with Crippen molar-refractivity contribution in [3.63, 3.8) is 0 Å². The van der Waals surface area contributed by atoms with E-state index in [4.69, 9.17) is 4.52 Å². The number of carbonyl (C=O) groups is 2. The van der Waals surface area contributed by atoms with Gasteiger partial charge in [0.15, 0.2) is 5.69 Å². The van der Waals surface area contributed by atoms with Gasteiger partial charge in [0.05, 0.1) is 10.9 Å². The zero-order valence-electron chi connectivity index (χ0n) is 15.2. The van der Waals surface area contributed by atoms with Crippen molar-refractivity contribution in [1.82, 2.24) is 15.0 Å². The first-order chi connectivity index (χ1) is 12.6. The van der Waals surface area contributed by atoms with Gasteiger partial charge in [-0.15, -0.1) is 11.3 Å². The van der Waals surface area contributed by atoms with Crippen LogP contribution in [0, 0.1) is 0 Å². The molecule has 4 rings (SSSR count). The minimum absolute atomic E-state index is 0.00249. The Hall–Kier alpha value is -2.15. The van der Waals surface area contributed by atoms with E-state index in [0.29, 0.717) is 10.6 Å². The van der Waals surface area contributed by atoms with Gasteiger partial charge in [-0.2, -0.15) is 0 Å². The summed E-state index contributed by atoms with van der Waals surface area (Å²) in [5.41, 5.74) is 1.49. The van der Waals surface area contributed by atoms with Crippen LogP contribution in [0.2, 0.25) is 0 Å². The lowest BCUT2D eigenvalue weighted by atomic mass is 9.96. The summed E-state index contributed by atoms with van der Waals surface area (Å²) in [5, 5.41) is 4.10. The van der Waals surface area contributed by atoms with Crippen LogP contribution in [0.1, 0.15) is 68.1 Å². The highest BCUT2D eigenvalue weighted by molar-refractivity contribution is 7.14. The smallest absolute Gasteiger partial charge is 0.276 e. The molecule has 138 valence electrons. The quantitative estimate of drug-likeness (QED) is 0.828. The van der Waals surface area contributed by atoms with Gasteiger partial charge in [0.25, 0.3) is 11.8 Å². The fraction of sp³-hybridized carbons (Fsp3) is 0.526. The second-order valence-corrected chi connectivity index (χ2v) is 8.31. The summed E-state index contributed by atoms with van der Waals surface area (Å²) < 4.78 is 5.43. The van der Waals surface area contributed by atoms with Gasteiger partial charge in [-0.05, 0) is 44.2 Å². The van der Waals surface area contributed by atoms with Gasteiger partial charge in [-0.25, -0.2) is 0 Å². The maximum Gasteiger partial charge on any atom is 0.276 e. The number of thiophene rings is 1. The first kappa shape index (κ1) is 17.3. The minimum Gasteiger partial charge on any atom is -0.360 e. The van der Waals surface area contributed by atoms with Crippen LogP contribution >= 0.6 is 11.3 Å². The molecular formula is C19H23N3O3S. The van der Waals surface area contributed by atoms with Crippen molar-refractivity contribution in [2.24, 2.45) is 0 Å². The van der Waals surface area contributed by atoms with Crippen LogP contribution in [-0.2, 0) is 12.8 Å². The lowest BCUT2D eigenvalue weighted by Crippen LogP contribution is -2.31. The van der Waals surface area contributed by atoms with E-state index in [1.165, 1.54) is 11.3 Å². The number of carbonyl (C=O) groups excluding carboxylic acids is 2. The predicted molar refractivity (Wildman–Crippen MR) is 98.5 cm³/mol. The van der Waals surface area contributed by atoms with Crippen LogP contribution < -0.4 is 0 Å². The largest absolute Gasteiger partial charge is 0.360 e. The van der Waals surface area contributed by atoms with E-state index in [2.05, 4.69) is 5.16 Å². The van der Waals surface area contributed by atoms with E-state index in [9.17, 15) is 9.59 Å². The molecule has 1 fully saturated rings. The monoisotopic (exact) mass is 373 g/mol. The van der Waals surface area contributed by atoms with Crippen molar-refractivity contribution in [3.05, 3.63) is 38.9 Å². The molecule has 2 aliphatic rings. The second kappa shape index (κ2) is 6.87. The molecule has 6 nitrogen and oxygen atoms in total. The zero-order valence-corrected chi connectivity index (χ0v) is 16.0. The molecular weight excluding hydrogens is 350 g/mol. The third-order valence-electron chi connectivity index (χ3n) is 5.24. The standard InChI is InChI=1S/C19H23N3O3S/c1-21(2)18(23)16-10-9-15(26-16)13-7-5-11-22(13)19(24)17-12-6-3-4-8-14(12)25-20-17/h9-10,13H,3-8,11H2,1-2H3/t13-/m1/s1. The summed E-state index contributed by atoms with van der Waals surface area (Å²) in [6.45, 7) is 0.722. The number of hydrogen-bond donors (Lipinski definition) is 0. The highest BCUT2D eigenvalue weighted by atomic mass is 32.1. The molecule has 26 heavy (non-hydrogen) atoms. The molecule has 2 aromatic rings. The number of likely N-dealkylation sites (tertiary alicyclic amines) is 1. The Balaban J connectivity index is 1.58. The fourth-order valence-corrected chi connectivity index (χ4v) is 5.04. The molecule has 7 heteroatoms. The van der Waals surface area contributed by atoms with Gasteiger partial charge in [-0.1, -0.05) is 5.16 Å². The average molecular weight is 373 g/mol. The third-order valence-corrected chi connectivity index (χ3v) is 6.41. The van der Waals surface area contributed by atoms with Crippen LogP contribution in [-0.4, -0.2) is 47.4 Å². The van der Waals surface area contributed by atoms with Crippen LogP contribution in [0.4, 0.5) is 0 Å². The molecule has 1 atom stereocenters. The first-order valence-electron chi connectivity index (χ1n) is 9.16. The highest BCUT2D eigenvalue weighted by Gasteiger charge is 2.35. The average Bonchev–Trinajstić information content (AvgIpc) is 3.38. The Kier molecular flexibility index (Phi) is 4.56. The maximum absolute atomic E-state index is 13.1. The summed E-state index contributed by atoms with van der Waals surface area (Å²) in [6.07, 6.45) is 5.81. The summed E-state index contributed by atoms with van der Waals surface area (Å²) >= 11 is 1.48. The number of aromatic nitrogens is 1. The van der Waals surface area contributed by atoms with E-state index < -0.39 is 0 Å². The van der Waals surface area contributed by atoms with E-state index in [-0.39, 0.29) is 17.9 Å². The summed E-state index contributed by atoms with van der Waals surface area (Å²) in [6, 6.07) is 3.86. The molecule has 0 bridgehead atoms. The Morgan fingerprint density at radius 1 is 1.23 bits per heavy atom. The maximum atomic E-state index is 13.1. The number of rotatable bonds is 3. The van der Waals surface area contributed by atoms with Crippen LogP contribution in [0.25, 0.3) is 0 Å². The molecule has 0 spiro atoms. The molecule has 0 unspecified atom stereocenters. The number of fused-ring (bicyclic) bond motifs is 1. The van der Waals surface area contributed by atoms with Gasteiger partial charge in [-0.3, -0.25) is 9.59 Å². The van der Waals surface area contributed by atoms with Gasteiger partial charge in [0.2, 0.25) is 0 Å². The Bertz CT molecular complexity index is 839.